The van der Waals surface area contributed by atoms with Gasteiger partial charge in [-0.15, -0.1) is 0 Å². The van der Waals surface area contributed by atoms with Crippen molar-refractivity contribution in [1.29, 1.82) is 0 Å². The maximum absolute atomic E-state index is 13.1. The van der Waals surface area contributed by atoms with E-state index in [0.29, 0.717) is 12.0 Å². The zero-order chi connectivity index (χ0) is 19.1. The molecule has 6 nitrogen and oxygen atoms in total. The fourth-order valence-electron chi connectivity index (χ4n) is 3.50. The van der Waals surface area contributed by atoms with Gasteiger partial charge in [0.1, 0.15) is 5.54 Å². The number of hydrogen-bond acceptors (Lipinski definition) is 3. The lowest BCUT2D eigenvalue weighted by molar-refractivity contribution is -0.131. The van der Waals surface area contributed by atoms with Crippen LogP contribution in [0.1, 0.15) is 40.7 Å². The molecule has 0 bridgehead atoms. The van der Waals surface area contributed by atoms with Crippen molar-refractivity contribution in [3.63, 3.8) is 0 Å². The summed E-state index contributed by atoms with van der Waals surface area (Å²) in [6.07, 6.45) is 0.412. The van der Waals surface area contributed by atoms with Crippen LogP contribution in [0.3, 0.4) is 0 Å². The van der Waals surface area contributed by atoms with Gasteiger partial charge >= 0.3 is 6.03 Å². The highest BCUT2D eigenvalue weighted by atomic mass is 16.2. The molecule has 3 rings (SSSR count). The highest BCUT2D eigenvalue weighted by Gasteiger charge is 2.51. The molecular formula is C20H23N3O3. The number of nitrogens with zero attached hydrogens (tertiary/aromatic N) is 2. The molecular weight excluding hydrogens is 330 g/mol. The van der Waals surface area contributed by atoms with Gasteiger partial charge in [-0.1, -0.05) is 37.3 Å². The molecule has 1 aliphatic rings. The summed E-state index contributed by atoms with van der Waals surface area (Å²) in [4.78, 5) is 39.3. The van der Waals surface area contributed by atoms with Gasteiger partial charge in [0.25, 0.3) is 5.91 Å². The zero-order valence-corrected chi connectivity index (χ0v) is 15.5. The molecule has 136 valence electrons. The first-order valence-electron chi connectivity index (χ1n) is 8.67. The standard InChI is InChI=1S/C20H23N3O3/c1-5-20(15-9-7-6-8-10-15)18(25)23(19(26)21-20)12-17(24)16-11-13(2)22(4)14(16)3/h6-11H,5,12H2,1-4H3,(H,21,26). The first kappa shape index (κ1) is 17.9. The first-order chi connectivity index (χ1) is 12.3. The molecule has 1 atom stereocenters. The lowest BCUT2D eigenvalue weighted by Crippen LogP contribution is -2.43. The Morgan fingerprint density at radius 3 is 2.35 bits per heavy atom. The molecule has 1 unspecified atom stereocenters. The van der Waals surface area contributed by atoms with Crippen LogP contribution in [0, 0.1) is 13.8 Å². The number of aryl methyl sites for hydroxylation is 1. The zero-order valence-electron chi connectivity index (χ0n) is 15.5. The van der Waals surface area contributed by atoms with E-state index in [4.69, 9.17) is 0 Å². The molecule has 0 saturated carbocycles. The molecule has 0 radical (unpaired) electrons. The third kappa shape index (κ3) is 2.62. The molecule has 1 N–H and O–H groups in total. The molecule has 3 amide bonds. The van der Waals surface area contributed by atoms with E-state index in [0.717, 1.165) is 21.9 Å². The summed E-state index contributed by atoms with van der Waals surface area (Å²) in [7, 11) is 1.88. The summed E-state index contributed by atoms with van der Waals surface area (Å²) < 4.78 is 1.92. The number of rotatable bonds is 5. The Labute approximate surface area is 152 Å². The largest absolute Gasteiger partial charge is 0.351 e. The van der Waals surface area contributed by atoms with Crippen molar-refractivity contribution in [2.45, 2.75) is 32.7 Å². The van der Waals surface area contributed by atoms with E-state index in [1.165, 1.54) is 0 Å². The van der Waals surface area contributed by atoms with Crippen molar-refractivity contribution < 1.29 is 14.4 Å². The third-order valence-corrected chi connectivity index (χ3v) is 5.35. The van der Waals surface area contributed by atoms with E-state index in [9.17, 15) is 14.4 Å². The van der Waals surface area contributed by atoms with E-state index in [2.05, 4.69) is 5.32 Å². The Balaban J connectivity index is 1.90. The van der Waals surface area contributed by atoms with E-state index >= 15 is 0 Å². The second-order valence-electron chi connectivity index (χ2n) is 6.71. The van der Waals surface area contributed by atoms with Crippen LogP contribution in [0.2, 0.25) is 0 Å². The first-order valence-corrected chi connectivity index (χ1v) is 8.67. The van der Waals surface area contributed by atoms with E-state index in [1.54, 1.807) is 6.07 Å². The minimum absolute atomic E-state index is 0.241. The highest BCUT2D eigenvalue weighted by molar-refractivity contribution is 6.11. The predicted molar refractivity (Wildman–Crippen MR) is 97.9 cm³/mol. The van der Waals surface area contributed by atoms with Gasteiger partial charge in [-0.2, -0.15) is 0 Å². The van der Waals surface area contributed by atoms with Crippen molar-refractivity contribution in [2.75, 3.05) is 6.54 Å². The van der Waals surface area contributed by atoms with Gasteiger partial charge in [-0.05, 0) is 31.9 Å². The van der Waals surface area contributed by atoms with Crippen molar-refractivity contribution in [3.8, 4) is 0 Å². The number of urea groups is 1. The third-order valence-electron chi connectivity index (χ3n) is 5.35. The number of carbonyl (C=O) groups excluding carboxylic acids is 3. The number of Topliss-reactive ketones (excluding diaryl/α,β-unsaturated/α-hetero) is 1. The number of nitrogens with one attached hydrogen (secondary N) is 1. The fraction of sp³-hybridized carbons (Fsp3) is 0.350. The molecule has 6 heteroatoms. The number of aromatic nitrogens is 1. The molecule has 1 aromatic heterocycles. The van der Waals surface area contributed by atoms with E-state index < -0.39 is 11.6 Å². The Morgan fingerprint density at radius 2 is 1.81 bits per heavy atom. The summed E-state index contributed by atoms with van der Waals surface area (Å²) in [6.45, 7) is 5.35. The van der Waals surface area contributed by atoms with Crippen LogP contribution in [-0.2, 0) is 17.4 Å². The molecule has 1 saturated heterocycles. The monoisotopic (exact) mass is 353 g/mol. The molecule has 0 aliphatic carbocycles. The average Bonchev–Trinajstić information content (AvgIpc) is 3.05. The molecule has 2 heterocycles. The number of ketones is 1. The van der Waals surface area contributed by atoms with Gasteiger partial charge in [0.2, 0.25) is 0 Å². The lowest BCUT2D eigenvalue weighted by atomic mass is 9.87. The van der Waals surface area contributed by atoms with Crippen LogP contribution < -0.4 is 5.32 Å². The van der Waals surface area contributed by atoms with Crippen LogP contribution in [0.4, 0.5) is 4.79 Å². The minimum atomic E-state index is -1.11. The van der Waals surface area contributed by atoms with Crippen LogP contribution in [0.15, 0.2) is 36.4 Å². The van der Waals surface area contributed by atoms with Crippen LogP contribution in [0.25, 0.3) is 0 Å². The second kappa shape index (κ2) is 6.44. The molecule has 26 heavy (non-hydrogen) atoms. The topological polar surface area (TPSA) is 71.4 Å². The van der Waals surface area contributed by atoms with Gasteiger partial charge < -0.3 is 9.88 Å². The number of benzene rings is 1. The Morgan fingerprint density at radius 1 is 1.15 bits per heavy atom. The Hall–Kier alpha value is -2.89. The molecule has 1 fully saturated rings. The summed E-state index contributed by atoms with van der Waals surface area (Å²) in [6, 6.07) is 10.4. The van der Waals surface area contributed by atoms with Crippen molar-refractivity contribution >= 4 is 17.7 Å². The Kier molecular flexibility index (Phi) is 4.44. The smallest absolute Gasteiger partial charge is 0.325 e. The average molecular weight is 353 g/mol. The molecule has 1 aliphatic heterocycles. The quantitative estimate of drug-likeness (QED) is 0.664. The van der Waals surface area contributed by atoms with Gasteiger partial charge in [0.05, 0.1) is 6.54 Å². The van der Waals surface area contributed by atoms with Crippen LogP contribution >= 0.6 is 0 Å². The predicted octanol–water partition coefficient (Wildman–Crippen LogP) is 2.68. The summed E-state index contributed by atoms with van der Waals surface area (Å²) in [5, 5.41) is 2.80. The van der Waals surface area contributed by atoms with E-state index in [-0.39, 0.29) is 18.2 Å². The van der Waals surface area contributed by atoms with Crippen LogP contribution in [0.5, 0.6) is 0 Å². The maximum Gasteiger partial charge on any atom is 0.325 e. The van der Waals surface area contributed by atoms with Crippen LogP contribution in [-0.4, -0.2) is 33.7 Å². The number of amides is 3. The van der Waals surface area contributed by atoms with Gasteiger partial charge in [0, 0.05) is 24.0 Å². The highest BCUT2D eigenvalue weighted by Crippen LogP contribution is 2.32. The van der Waals surface area contributed by atoms with Crippen molar-refractivity contribution in [3.05, 3.63) is 58.9 Å². The minimum Gasteiger partial charge on any atom is -0.351 e. The number of carbonyl (C=O) groups is 3. The van der Waals surface area contributed by atoms with Gasteiger partial charge in [-0.3, -0.25) is 14.5 Å². The Bertz CT molecular complexity index is 885. The van der Waals surface area contributed by atoms with Gasteiger partial charge in [-0.25, -0.2) is 4.79 Å². The molecule has 0 spiro atoms. The fourth-order valence-corrected chi connectivity index (χ4v) is 3.50. The normalized spacial score (nSPS) is 19.8. The van der Waals surface area contributed by atoms with E-state index in [1.807, 2.05) is 62.7 Å². The number of hydrogen-bond donors (Lipinski definition) is 1. The molecule has 2 aromatic rings. The summed E-state index contributed by atoms with van der Waals surface area (Å²) in [5.74, 6) is -0.621. The summed E-state index contributed by atoms with van der Waals surface area (Å²) in [5.41, 5.74) is 1.93. The van der Waals surface area contributed by atoms with Crippen molar-refractivity contribution in [1.82, 2.24) is 14.8 Å². The second-order valence-corrected chi connectivity index (χ2v) is 6.71. The van der Waals surface area contributed by atoms with Gasteiger partial charge in [0.15, 0.2) is 5.78 Å². The number of imide groups is 1. The maximum atomic E-state index is 13.1. The summed E-state index contributed by atoms with van der Waals surface area (Å²) >= 11 is 0. The SMILES string of the molecule is CCC1(c2ccccc2)NC(=O)N(CC(=O)c2cc(C)n(C)c2C)C1=O. The lowest BCUT2D eigenvalue weighted by Gasteiger charge is -2.25. The molecule has 1 aromatic carbocycles. The van der Waals surface area contributed by atoms with Crippen molar-refractivity contribution in [2.24, 2.45) is 7.05 Å².